The largest absolute Gasteiger partial charge is 0.294 e. The number of piperazine rings is 1. The molecule has 3 unspecified atom stereocenters. The lowest BCUT2D eigenvalue weighted by Crippen LogP contribution is -2.67. The van der Waals surface area contributed by atoms with Gasteiger partial charge in [-0.25, -0.2) is 0 Å². The summed E-state index contributed by atoms with van der Waals surface area (Å²) in [7, 11) is 0. The summed E-state index contributed by atoms with van der Waals surface area (Å²) in [5.41, 5.74) is -0.734. The number of carbonyl (C=O) groups is 2. The van der Waals surface area contributed by atoms with E-state index in [1.165, 1.54) is 0 Å². The molecule has 116 valence electrons. The number of nitrogens with one attached hydrogen (secondary N) is 1. The van der Waals surface area contributed by atoms with Gasteiger partial charge in [0.15, 0.2) is 0 Å². The molecular formula is C16H25N3O2. The highest BCUT2D eigenvalue weighted by Crippen LogP contribution is 2.37. The normalized spacial score (nSPS) is 33.3. The molecule has 1 saturated heterocycles. The molecule has 1 aliphatic carbocycles. The first kappa shape index (κ1) is 16.0. The molecule has 2 rings (SSSR count). The number of nitriles is 1. The molecular weight excluding hydrogens is 266 g/mol. The summed E-state index contributed by atoms with van der Waals surface area (Å²) in [4.78, 5) is 25.8. The van der Waals surface area contributed by atoms with Crippen LogP contribution in [0.25, 0.3) is 0 Å². The fourth-order valence-corrected chi connectivity index (χ4v) is 3.73. The van der Waals surface area contributed by atoms with E-state index < -0.39 is 5.54 Å². The van der Waals surface area contributed by atoms with Gasteiger partial charge < -0.3 is 0 Å². The third-order valence-electron chi connectivity index (χ3n) is 5.03. The van der Waals surface area contributed by atoms with E-state index in [9.17, 15) is 14.9 Å². The minimum atomic E-state index is -0.734. The number of hydrogen-bond acceptors (Lipinski definition) is 4. The average molecular weight is 291 g/mol. The molecule has 1 N–H and O–H groups in total. The molecule has 1 saturated carbocycles. The Balaban J connectivity index is 2.24. The number of imide groups is 1. The van der Waals surface area contributed by atoms with Crippen LogP contribution in [0.1, 0.15) is 52.9 Å². The Bertz CT molecular complexity index is 467. The molecule has 0 aromatic carbocycles. The lowest BCUT2D eigenvalue weighted by molar-refractivity contribution is -0.149. The van der Waals surface area contributed by atoms with E-state index in [0.29, 0.717) is 5.92 Å². The molecule has 1 heterocycles. The third kappa shape index (κ3) is 3.11. The van der Waals surface area contributed by atoms with Crippen LogP contribution < -0.4 is 5.32 Å². The number of hydrogen-bond donors (Lipinski definition) is 1. The molecule has 2 amide bonds. The van der Waals surface area contributed by atoms with E-state index in [1.54, 1.807) is 0 Å². The second-order valence-electron chi connectivity index (χ2n) is 6.83. The number of amides is 2. The van der Waals surface area contributed by atoms with Crippen LogP contribution in [0.4, 0.5) is 0 Å². The second kappa shape index (κ2) is 6.15. The fraction of sp³-hybridized carbons (Fsp3) is 0.812. The molecule has 0 bridgehead atoms. The minimum Gasteiger partial charge on any atom is -0.294 e. The molecule has 2 aliphatic rings. The standard InChI is InChI=1S/C16H25N3O2/c1-4-5-11-6-7-12(9-17)13(8-11)19-10-14(20)18-15(21)16(19,2)3/h11-13H,4-8,10H2,1-3H3,(H,18,20,21). The molecule has 0 spiro atoms. The summed E-state index contributed by atoms with van der Waals surface area (Å²) in [6.07, 6.45) is 5.15. The van der Waals surface area contributed by atoms with Crippen LogP contribution >= 0.6 is 0 Å². The highest BCUT2D eigenvalue weighted by atomic mass is 16.2. The molecule has 5 nitrogen and oxygen atoms in total. The Labute approximate surface area is 126 Å². The van der Waals surface area contributed by atoms with E-state index in [2.05, 4.69) is 18.3 Å². The fourth-order valence-electron chi connectivity index (χ4n) is 3.73. The first-order valence-electron chi connectivity index (χ1n) is 7.90. The van der Waals surface area contributed by atoms with Gasteiger partial charge in [-0.1, -0.05) is 19.8 Å². The Morgan fingerprint density at radius 2 is 2.10 bits per heavy atom. The molecule has 0 radical (unpaired) electrons. The monoisotopic (exact) mass is 291 g/mol. The lowest BCUT2D eigenvalue weighted by atomic mass is 9.75. The van der Waals surface area contributed by atoms with Crippen molar-refractivity contribution in [2.24, 2.45) is 11.8 Å². The molecule has 0 aromatic rings. The second-order valence-corrected chi connectivity index (χ2v) is 6.83. The average Bonchev–Trinajstić information content (AvgIpc) is 2.43. The van der Waals surface area contributed by atoms with Gasteiger partial charge >= 0.3 is 0 Å². The van der Waals surface area contributed by atoms with Crippen molar-refractivity contribution < 1.29 is 9.59 Å². The van der Waals surface area contributed by atoms with Gasteiger partial charge in [-0.15, -0.1) is 0 Å². The van der Waals surface area contributed by atoms with Crippen molar-refractivity contribution in [1.29, 1.82) is 5.26 Å². The summed E-state index contributed by atoms with van der Waals surface area (Å²) >= 11 is 0. The van der Waals surface area contributed by atoms with Crippen molar-refractivity contribution in [2.75, 3.05) is 6.54 Å². The van der Waals surface area contributed by atoms with Crippen molar-refractivity contribution in [1.82, 2.24) is 10.2 Å². The Hall–Kier alpha value is -1.41. The molecule has 2 fully saturated rings. The molecule has 1 aliphatic heterocycles. The summed E-state index contributed by atoms with van der Waals surface area (Å²) in [6.45, 7) is 6.06. The quantitative estimate of drug-likeness (QED) is 0.805. The molecule has 5 heteroatoms. The zero-order valence-electron chi connectivity index (χ0n) is 13.2. The first-order chi connectivity index (χ1) is 9.90. The van der Waals surface area contributed by atoms with Crippen molar-refractivity contribution >= 4 is 11.8 Å². The molecule has 3 atom stereocenters. The number of nitrogens with zero attached hydrogens (tertiary/aromatic N) is 2. The van der Waals surface area contributed by atoms with E-state index >= 15 is 0 Å². The van der Waals surface area contributed by atoms with E-state index in [-0.39, 0.29) is 30.3 Å². The van der Waals surface area contributed by atoms with Crippen molar-refractivity contribution in [3.8, 4) is 6.07 Å². The minimum absolute atomic E-state index is 0.00491. The van der Waals surface area contributed by atoms with Gasteiger partial charge in [-0.05, 0) is 39.0 Å². The predicted octanol–water partition coefficient (Wildman–Crippen LogP) is 1.83. The van der Waals surface area contributed by atoms with Crippen molar-refractivity contribution in [3.05, 3.63) is 0 Å². The van der Waals surface area contributed by atoms with Gasteiger partial charge in [0.1, 0.15) is 0 Å². The SMILES string of the molecule is CCCC1CCC(C#N)C(N2CC(=O)NC(=O)C2(C)C)C1. The highest BCUT2D eigenvalue weighted by molar-refractivity contribution is 6.03. The topological polar surface area (TPSA) is 73.2 Å². The van der Waals surface area contributed by atoms with Crippen LogP contribution in [0.5, 0.6) is 0 Å². The maximum atomic E-state index is 12.1. The van der Waals surface area contributed by atoms with E-state index in [4.69, 9.17) is 0 Å². The summed E-state index contributed by atoms with van der Waals surface area (Å²) in [5.74, 6) is -0.00162. The Morgan fingerprint density at radius 1 is 1.38 bits per heavy atom. The number of carbonyl (C=O) groups excluding carboxylic acids is 2. The van der Waals surface area contributed by atoms with E-state index in [0.717, 1.165) is 32.1 Å². The van der Waals surface area contributed by atoms with Crippen LogP contribution in [0.15, 0.2) is 0 Å². The van der Waals surface area contributed by atoms with Crippen molar-refractivity contribution in [3.63, 3.8) is 0 Å². The highest BCUT2D eigenvalue weighted by Gasteiger charge is 2.47. The Kier molecular flexibility index (Phi) is 4.67. The molecule has 21 heavy (non-hydrogen) atoms. The summed E-state index contributed by atoms with van der Waals surface area (Å²) in [6, 6.07) is 2.40. The molecule has 0 aromatic heterocycles. The van der Waals surface area contributed by atoms with Gasteiger partial charge in [-0.2, -0.15) is 5.26 Å². The van der Waals surface area contributed by atoms with Gasteiger partial charge in [0.2, 0.25) is 11.8 Å². The van der Waals surface area contributed by atoms with Crippen LogP contribution in [0.2, 0.25) is 0 Å². The predicted molar refractivity (Wildman–Crippen MR) is 79.1 cm³/mol. The smallest absolute Gasteiger partial charge is 0.246 e. The van der Waals surface area contributed by atoms with E-state index in [1.807, 2.05) is 18.7 Å². The van der Waals surface area contributed by atoms with Crippen LogP contribution in [0.3, 0.4) is 0 Å². The van der Waals surface area contributed by atoms with Crippen LogP contribution in [-0.2, 0) is 9.59 Å². The lowest BCUT2D eigenvalue weighted by Gasteiger charge is -2.48. The Morgan fingerprint density at radius 3 is 2.71 bits per heavy atom. The summed E-state index contributed by atoms with van der Waals surface area (Å²) in [5, 5.41) is 11.9. The first-order valence-corrected chi connectivity index (χ1v) is 7.90. The van der Waals surface area contributed by atoms with Gasteiger partial charge in [-0.3, -0.25) is 19.8 Å². The zero-order valence-corrected chi connectivity index (χ0v) is 13.2. The number of rotatable bonds is 3. The zero-order chi connectivity index (χ0) is 15.6. The third-order valence-corrected chi connectivity index (χ3v) is 5.03. The maximum absolute atomic E-state index is 12.1. The van der Waals surface area contributed by atoms with Crippen LogP contribution in [-0.4, -0.2) is 34.8 Å². The van der Waals surface area contributed by atoms with Gasteiger partial charge in [0.05, 0.1) is 24.1 Å². The van der Waals surface area contributed by atoms with Crippen LogP contribution in [0, 0.1) is 23.2 Å². The maximum Gasteiger partial charge on any atom is 0.246 e. The van der Waals surface area contributed by atoms with Gasteiger partial charge in [0.25, 0.3) is 0 Å². The van der Waals surface area contributed by atoms with Crippen molar-refractivity contribution in [2.45, 2.75) is 64.5 Å². The summed E-state index contributed by atoms with van der Waals surface area (Å²) < 4.78 is 0. The van der Waals surface area contributed by atoms with Gasteiger partial charge in [0, 0.05) is 6.04 Å².